The minimum absolute atomic E-state index is 0.336. The highest BCUT2D eigenvalue weighted by atomic mass is 16.5. The smallest absolute Gasteiger partial charge is 0.339 e. The van der Waals surface area contributed by atoms with Crippen molar-refractivity contribution in [2.24, 2.45) is 0 Å². The van der Waals surface area contributed by atoms with Crippen molar-refractivity contribution in [3.05, 3.63) is 65.5 Å². The predicted octanol–water partition coefficient (Wildman–Crippen LogP) is 2.19. The van der Waals surface area contributed by atoms with Gasteiger partial charge in [0.15, 0.2) is 0 Å². The molecule has 1 aromatic carbocycles. The molecule has 0 aliphatic carbocycles. The van der Waals surface area contributed by atoms with E-state index in [4.69, 9.17) is 4.74 Å². The molecule has 0 unspecified atom stereocenters. The summed E-state index contributed by atoms with van der Waals surface area (Å²) >= 11 is 0. The van der Waals surface area contributed by atoms with Crippen LogP contribution in [0, 0.1) is 0 Å². The molecule has 2 heterocycles. The standard InChI is InChI=1S/C19H23N3O2/c1-24-19(23)18-11-17(12-20-13-18)15-22-9-7-21(8-10-22)14-16-5-3-2-4-6-16/h2-6,11-13H,7-10,14-15H2,1H3. The molecule has 3 rings (SSSR count). The number of esters is 1. The van der Waals surface area contributed by atoms with E-state index in [0.29, 0.717) is 5.56 Å². The number of rotatable bonds is 5. The second-order valence-electron chi connectivity index (χ2n) is 6.11. The van der Waals surface area contributed by atoms with Crippen LogP contribution in [-0.4, -0.2) is 54.0 Å². The van der Waals surface area contributed by atoms with Crippen molar-refractivity contribution in [3.63, 3.8) is 0 Å². The fraction of sp³-hybridized carbons (Fsp3) is 0.368. The first-order chi connectivity index (χ1) is 11.7. The van der Waals surface area contributed by atoms with Crippen molar-refractivity contribution in [1.82, 2.24) is 14.8 Å². The van der Waals surface area contributed by atoms with Gasteiger partial charge in [0.2, 0.25) is 0 Å². The van der Waals surface area contributed by atoms with Gasteiger partial charge in [0, 0.05) is 51.7 Å². The van der Waals surface area contributed by atoms with Gasteiger partial charge in [0.1, 0.15) is 0 Å². The Morgan fingerprint density at radius 1 is 1.00 bits per heavy atom. The van der Waals surface area contributed by atoms with Crippen molar-refractivity contribution in [2.75, 3.05) is 33.3 Å². The van der Waals surface area contributed by atoms with E-state index in [1.54, 1.807) is 6.20 Å². The third-order valence-electron chi connectivity index (χ3n) is 4.34. The Balaban J connectivity index is 1.51. The zero-order valence-corrected chi connectivity index (χ0v) is 14.0. The van der Waals surface area contributed by atoms with Gasteiger partial charge in [-0.05, 0) is 17.2 Å². The lowest BCUT2D eigenvalue weighted by atomic mass is 10.1. The predicted molar refractivity (Wildman–Crippen MR) is 92.6 cm³/mol. The molecule has 0 saturated carbocycles. The first-order valence-electron chi connectivity index (χ1n) is 8.25. The molecular formula is C19H23N3O2. The minimum Gasteiger partial charge on any atom is -0.465 e. The molecule has 0 amide bonds. The van der Waals surface area contributed by atoms with Crippen LogP contribution in [0.4, 0.5) is 0 Å². The highest BCUT2D eigenvalue weighted by molar-refractivity contribution is 5.89. The van der Waals surface area contributed by atoms with Crippen molar-refractivity contribution in [1.29, 1.82) is 0 Å². The summed E-state index contributed by atoms with van der Waals surface area (Å²) < 4.78 is 4.75. The Bertz CT molecular complexity index is 667. The summed E-state index contributed by atoms with van der Waals surface area (Å²) in [5.74, 6) is -0.336. The number of carbonyl (C=O) groups excluding carboxylic acids is 1. The second kappa shape index (κ2) is 8.04. The molecule has 2 aromatic rings. The summed E-state index contributed by atoms with van der Waals surface area (Å²) in [7, 11) is 1.39. The fourth-order valence-corrected chi connectivity index (χ4v) is 3.01. The Labute approximate surface area is 142 Å². The fourth-order valence-electron chi connectivity index (χ4n) is 3.01. The van der Waals surface area contributed by atoms with Crippen LogP contribution in [0.1, 0.15) is 21.5 Å². The number of hydrogen-bond acceptors (Lipinski definition) is 5. The van der Waals surface area contributed by atoms with Crippen LogP contribution < -0.4 is 0 Å². The number of pyridine rings is 1. The van der Waals surface area contributed by atoms with E-state index in [9.17, 15) is 4.79 Å². The molecule has 1 aromatic heterocycles. The quantitative estimate of drug-likeness (QED) is 0.789. The molecule has 0 N–H and O–H groups in total. The van der Waals surface area contributed by atoms with E-state index in [2.05, 4.69) is 45.1 Å². The lowest BCUT2D eigenvalue weighted by Gasteiger charge is -2.34. The molecular weight excluding hydrogens is 302 g/mol. The number of ether oxygens (including phenoxy) is 1. The summed E-state index contributed by atoms with van der Waals surface area (Å²) in [6.45, 7) is 5.98. The largest absolute Gasteiger partial charge is 0.465 e. The van der Waals surface area contributed by atoms with Crippen molar-refractivity contribution in [3.8, 4) is 0 Å². The monoisotopic (exact) mass is 325 g/mol. The number of hydrogen-bond donors (Lipinski definition) is 0. The van der Waals surface area contributed by atoms with E-state index in [1.807, 2.05) is 12.3 Å². The van der Waals surface area contributed by atoms with Gasteiger partial charge >= 0.3 is 5.97 Å². The van der Waals surface area contributed by atoms with Crippen molar-refractivity contribution >= 4 is 5.97 Å². The van der Waals surface area contributed by atoms with Gasteiger partial charge in [-0.25, -0.2) is 4.79 Å². The summed E-state index contributed by atoms with van der Waals surface area (Å²) in [5.41, 5.74) is 2.92. The van der Waals surface area contributed by atoms with Crippen LogP contribution in [0.25, 0.3) is 0 Å². The number of nitrogens with zero attached hydrogens (tertiary/aromatic N) is 3. The maximum atomic E-state index is 11.6. The first-order valence-corrected chi connectivity index (χ1v) is 8.25. The normalized spacial score (nSPS) is 16.0. The molecule has 24 heavy (non-hydrogen) atoms. The Kier molecular flexibility index (Phi) is 5.56. The molecule has 1 saturated heterocycles. The van der Waals surface area contributed by atoms with Crippen LogP contribution in [0.3, 0.4) is 0 Å². The highest BCUT2D eigenvalue weighted by Crippen LogP contribution is 2.12. The summed E-state index contributed by atoms with van der Waals surface area (Å²) in [6, 6.07) is 12.5. The van der Waals surface area contributed by atoms with Crippen LogP contribution >= 0.6 is 0 Å². The molecule has 1 aliphatic rings. The van der Waals surface area contributed by atoms with Gasteiger partial charge in [-0.2, -0.15) is 0 Å². The number of methoxy groups -OCH3 is 1. The summed E-state index contributed by atoms with van der Waals surface area (Å²) in [5, 5.41) is 0. The zero-order valence-electron chi connectivity index (χ0n) is 14.0. The third kappa shape index (κ3) is 4.40. The SMILES string of the molecule is COC(=O)c1cncc(CN2CCN(Cc3ccccc3)CC2)c1. The van der Waals surface area contributed by atoms with Gasteiger partial charge in [0.05, 0.1) is 12.7 Å². The maximum absolute atomic E-state index is 11.6. The Hall–Kier alpha value is -2.24. The molecule has 0 spiro atoms. The van der Waals surface area contributed by atoms with Crippen LogP contribution in [0.2, 0.25) is 0 Å². The average Bonchev–Trinajstić information content (AvgIpc) is 2.64. The van der Waals surface area contributed by atoms with Crippen LogP contribution in [0.5, 0.6) is 0 Å². The van der Waals surface area contributed by atoms with Crippen molar-refractivity contribution in [2.45, 2.75) is 13.1 Å². The molecule has 0 radical (unpaired) electrons. The molecule has 1 aliphatic heterocycles. The van der Waals surface area contributed by atoms with Gasteiger partial charge in [-0.3, -0.25) is 14.8 Å². The molecule has 5 heteroatoms. The zero-order chi connectivity index (χ0) is 16.8. The van der Waals surface area contributed by atoms with E-state index in [1.165, 1.54) is 12.7 Å². The van der Waals surface area contributed by atoms with Crippen LogP contribution in [-0.2, 0) is 17.8 Å². The first kappa shape index (κ1) is 16.6. The lowest BCUT2D eigenvalue weighted by molar-refractivity contribution is 0.0600. The van der Waals surface area contributed by atoms with Crippen molar-refractivity contribution < 1.29 is 9.53 Å². The number of aromatic nitrogens is 1. The number of benzene rings is 1. The number of piperazine rings is 1. The maximum Gasteiger partial charge on any atom is 0.339 e. The van der Waals surface area contributed by atoms with Gasteiger partial charge in [-0.1, -0.05) is 30.3 Å². The van der Waals surface area contributed by atoms with Gasteiger partial charge in [-0.15, -0.1) is 0 Å². The Morgan fingerprint density at radius 3 is 2.25 bits per heavy atom. The molecule has 1 fully saturated rings. The third-order valence-corrected chi connectivity index (χ3v) is 4.34. The topological polar surface area (TPSA) is 45.7 Å². The minimum atomic E-state index is -0.336. The second-order valence-corrected chi connectivity index (χ2v) is 6.11. The summed E-state index contributed by atoms with van der Waals surface area (Å²) in [6.07, 6.45) is 3.37. The summed E-state index contributed by atoms with van der Waals surface area (Å²) in [4.78, 5) is 20.6. The van der Waals surface area contributed by atoms with Crippen LogP contribution in [0.15, 0.2) is 48.8 Å². The van der Waals surface area contributed by atoms with E-state index in [0.717, 1.165) is 44.8 Å². The molecule has 5 nitrogen and oxygen atoms in total. The van der Waals surface area contributed by atoms with E-state index in [-0.39, 0.29) is 5.97 Å². The van der Waals surface area contributed by atoms with E-state index >= 15 is 0 Å². The van der Waals surface area contributed by atoms with E-state index < -0.39 is 0 Å². The highest BCUT2D eigenvalue weighted by Gasteiger charge is 2.17. The Morgan fingerprint density at radius 2 is 1.62 bits per heavy atom. The molecule has 126 valence electrons. The molecule has 0 bridgehead atoms. The van der Waals surface area contributed by atoms with Gasteiger partial charge < -0.3 is 4.74 Å². The number of carbonyl (C=O) groups is 1. The molecule has 0 atom stereocenters. The van der Waals surface area contributed by atoms with Gasteiger partial charge in [0.25, 0.3) is 0 Å². The average molecular weight is 325 g/mol. The lowest BCUT2D eigenvalue weighted by Crippen LogP contribution is -2.45.